The molecule has 0 unspecified atom stereocenters. The van der Waals surface area contributed by atoms with Crippen molar-refractivity contribution in [3.63, 3.8) is 0 Å². The number of hydrogen-bond donors (Lipinski definition) is 5. The normalized spacial score (nSPS) is 22.2. The van der Waals surface area contributed by atoms with Gasteiger partial charge in [0.2, 0.25) is 29.5 Å². The van der Waals surface area contributed by atoms with E-state index in [1.54, 1.807) is 19.1 Å². The van der Waals surface area contributed by atoms with Crippen molar-refractivity contribution in [2.45, 2.75) is 109 Å². The van der Waals surface area contributed by atoms with Gasteiger partial charge in [0.25, 0.3) is 0 Å². The molecule has 16 heteroatoms. The Balaban J connectivity index is 1.25. The molecule has 7 amide bonds. The highest BCUT2D eigenvalue weighted by Crippen LogP contribution is 2.27. The molecule has 3 heterocycles. The van der Waals surface area contributed by atoms with E-state index >= 15 is 0 Å². The molecule has 0 aromatic heterocycles. The summed E-state index contributed by atoms with van der Waals surface area (Å²) in [6.07, 6.45) is 3.20. The largest absolute Gasteiger partial charge is 0.394 e. The number of Topliss-reactive ketones (excluding diaryl/α,β-unsaturated/α-hetero) is 1. The smallest absolute Gasteiger partial charge is 0.319 e. The summed E-state index contributed by atoms with van der Waals surface area (Å²) in [5, 5.41) is 21.2. The number of likely N-dealkylation sites (tertiary alicyclic amines) is 3. The quantitative estimate of drug-likeness (QED) is 0.189. The van der Waals surface area contributed by atoms with Gasteiger partial charge in [0.15, 0.2) is 5.78 Å². The Bertz CT molecular complexity index is 1830. The van der Waals surface area contributed by atoms with E-state index in [0.29, 0.717) is 50.8 Å². The minimum atomic E-state index is -1.41. The van der Waals surface area contributed by atoms with Crippen molar-refractivity contribution in [1.29, 1.82) is 0 Å². The number of halogens is 1. The van der Waals surface area contributed by atoms with Crippen LogP contribution in [0.5, 0.6) is 0 Å². The van der Waals surface area contributed by atoms with Crippen molar-refractivity contribution in [2.75, 3.05) is 31.6 Å². The SMILES string of the molecule is CC(=O)[C@@H]1C[C@H](C)CN1C(=O)[C@H](C)NC(=O)[C@@H]1CCCCN1C(=O)[C@@H]1CCCN1C(=O)[C@H](CO)NC(=O)[C@H](Cc1cccc(C)c1)NC(=O)Nc1ccc(I)cc1. The topological polar surface area (TPSA) is 198 Å². The molecule has 0 spiro atoms. The zero-order valence-corrected chi connectivity index (χ0v) is 35.1. The minimum absolute atomic E-state index is 0.0991. The summed E-state index contributed by atoms with van der Waals surface area (Å²) in [6, 6.07) is 8.15. The van der Waals surface area contributed by atoms with Crippen molar-refractivity contribution in [3.05, 3.63) is 63.2 Å². The van der Waals surface area contributed by atoms with Crippen molar-refractivity contribution >= 4 is 69.6 Å². The molecule has 3 fully saturated rings. The summed E-state index contributed by atoms with van der Waals surface area (Å²) in [7, 11) is 0. The molecule has 3 aliphatic rings. The number of piperidine rings is 1. The number of aliphatic hydroxyl groups is 1. The van der Waals surface area contributed by atoms with E-state index in [9.17, 15) is 38.7 Å². The lowest BCUT2D eigenvalue weighted by atomic mass is 9.99. The Morgan fingerprint density at radius 2 is 1.53 bits per heavy atom. The number of aryl methyl sites for hydroxylation is 1. The number of aliphatic hydroxyl groups excluding tert-OH is 1. The van der Waals surface area contributed by atoms with Crippen LogP contribution in [0.3, 0.4) is 0 Å². The third kappa shape index (κ3) is 11.1. The van der Waals surface area contributed by atoms with Crippen molar-refractivity contribution in [3.8, 4) is 0 Å². The lowest BCUT2D eigenvalue weighted by Crippen LogP contribution is -2.61. The maximum atomic E-state index is 14.2. The van der Waals surface area contributed by atoms with Crippen LogP contribution in [0.1, 0.15) is 70.4 Å². The first-order valence-corrected chi connectivity index (χ1v) is 20.8. The first-order chi connectivity index (χ1) is 27.2. The van der Waals surface area contributed by atoms with Gasteiger partial charge in [-0.3, -0.25) is 28.8 Å². The number of anilines is 1. The Morgan fingerprint density at radius 3 is 2.21 bits per heavy atom. The van der Waals surface area contributed by atoms with Crippen LogP contribution < -0.4 is 21.3 Å². The maximum Gasteiger partial charge on any atom is 0.319 e. The minimum Gasteiger partial charge on any atom is -0.394 e. The van der Waals surface area contributed by atoms with Crippen LogP contribution in [0.15, 0.2) is 48.5 Å². The summed E-state index contributed by atoms with van der Waals surface area (Å²) in [6.45, 7) is 7.07. The fraction of sp³-hybridized carbons (Fsp3) is 0.537. The highest BCUT2D eigenvalue weighted by atomic mass is 127. The van der Waals surface area contributed by atoms with Gasteiger partial charge in [0.1, 0.15) is 30.2 Å². The van der Waals surface area contributed by atoms with Gasteiger partial charge in [-0.05, 0) is 118 Å². The van der Waals surface area contributed by atoms with E-state index in [2.05, 4.69) is 43.9 Å². The van der Waals surface area contributed by atoms with E-state index in [4.69, 9.17) is 0 Å². The molecular formula is C41H54IN7O8. The molecule has 5 rings (SSSR count). The maximum absolute atomic E-state index is 14.2. The average molecular weight is 900 g/mol. The second kappa shape index (κ2) is 19.7. The number of carbonyl (C=O) groups excluding carboxylic acids is 7. The van der Waals surface area contributed by atoms with E-state index in [1.165, 1.54) is 21.6 Å². The van der Waals surface area contributed by atoms with Gasteiger partial charge >= 0.3 is 6.03 Å². The van der Waals surface area contributed by atoms with E-state index < -0.39 is 72.5 Å². The van der Waals surface area contributed by atoms with Crippen LogP contribution in [0.25, 0.3) is 0 Å². The molecule has 2 aromatic carbocycles. The van der Waals surface area contributed by atoms with Gasteiger partial charge in [-0.25, -0.2) is 4.79 Å². The van der Waals surface area contributed by atoms with Crippen LogP contribution in [0.2, 0.25) is 0 Å². The molecule has 2 aromatic rings. The number of nitrogens with zero attached hydrogens (tertiary/aromatic N) is 3. The first kappa shape index (κ1) is 43.5. The zero-order valence-electron chi connectivity index (χ0n) is 33.0. The Labute approximate surface area is 347 Å². The van der Waals surface area contributed by atoms with Gasteiger partial charge in [0.05, 0.1) is 12.6 Å². The number of ketones is 1. The lowest BCUT2D eigenvalue weighted by Gasteiger charge is -2.39. The summed E-state index contributed by atoms with van der Waals surface area (Å²) in [4.78, 5) is 98.8. The highest BCUT2D eigenvalue weighted by molar-refractivity contribution is 14.1. The molecule has 0 radical (unpaired) electrons. The molecule has 0 aliphatic carbocycles. The second-order valence-corrected chi connectivity index (χ2v) is 16.8. The van der Waals surface area contributed by atoms with Crippen molar-refractivity contribution in [1.82, 2.24) is 30.7 Å². The number of benzene rings is 2. The van der Waals surface area contributed by atoms with Crippen LogP contribution in [-0.4, -0.2) is 124 Å². The number of hydrogen-bond acceptors (Lipinski definition) is 8. The second-order valence-electron chi connectivity index (χ2n) is 15.5. The van der Waals surface area contributed by atoms with Gasteiger partial charge in [0, 0.05) is 35.3 Å². The molecule has 5 N–H and O–H groups in total. The molecule has 57 heavy (non-hydrogen) atoms. The number of nitrogens with one attached hydrogen (secondary N) is 4. The van der Waals surface area contributed by atoms with Gasteiger partial charge in [-0.2, -0.15) is 0 Å². The summed E-state index contributed by atoms with van der Waals surface area (Å²) in [5.74, 6) is -2.55. The van der Waals surface area contributed by atoms with Gasteiger partial charge in [-0.15, -0.1) is 0 Å². The lowest BCUT2D eigenvalue weighted by molar-refractivity contribution is -0.151. The zero-order chi connectivity index (χ0) is 41.4. The van der Waals surface area contributed by atoms with Crippen LogP contribution in [0, 0.1) is 16.4 Å². The molecule has 3 saturated heterocycles. The standard InChI is InChI=1S/C41H54IN7O8/c1-24-9-7-10-28(19-24)21-31(46-41(57)44-30-15-13-29(42)14-16-30)36(52)45-32(23-50)39(55)48-18-8-12-34(48)40(56)47-17-6-5-11-33(47)37(53)43-26(3)38(54)49-22-25(2)20-35(49)27(4)51/h7,9-10,13-16,19,25-26,31-35,50H,5-6,8,11-12,17-18,20-23H2,1-4H3,(H,43,53)(H,45,52)(H2,44,46,57)/t25-,26-,31-,32-,33-,34-,35-/m0/s1. The molecule has 15 nitrogen and oxygen atoms in total. The number of carbonyl (C=O) groups is 7. The molecule has 3 aliphatic heterocycles. The summed E-state index contributed by atoms with van der Waals surface area (Å²) < 4.78 is 0.981. The predicted molar refractivity (Wildman–Crippen MR) is 221 cm³/mol. The number of urea groups is 1. The van der Waals surface area contributed by atoms with E-state index in [0.717, 1.165) is 14.7 Å². The molecule has 0 saturated carbocycles. The van der Waals surface area contributed by atoms with E-state index in [1.807, 2.05) is 50.2 Å². The summed E-state index contributed by atoms with van der Waals surface area (Å²) >= 11 is 2.15. The fourth-order valence-corrected chi connectivity index (χ4v) is 8.40. The third-order valence-corrected chi connectivity index (χ3v) is 11.7. The Morgan fingerprint density at radius 1 is 0.825 bits per heavy atom. The van der Waals surface area contributed by atoms with Crippen LogP contribution >= 0.6 is 22.6 Å². The number of rotatable bonds is 13. The van der Waals surface area contributed by atoms with Crippen LogP contribution in [-0.2, 0) is 35.2 Å². The van der Waals surface area contributed by atoms with E-state index in [-0.39, 0.29) is 37.1 Å². The van der Waals surface area contributed by atoms with Crippen LogP contribution in [0.4, 0.5) is 10.5 Å². The molecule has 308 valence electrons. The predicted octanol–water partition coefficient (Wildman–Crippen LogP) is 2.51. The Kier molecular flexibility index (Phi) is 15.1. The Hall–Kier alpha value is -4.58. The molecular weight excluding hydrogens is 845 g/mol. The molecule has 0 bridgehead atoms. The van der Waals surface area contributed by atoms with Crippen molar-refractivity contribution in [2.24, 2.45) is 5.92 Å². The van der Waals surface area contributed by atoms with Gasteiger partial charge < -0.3 is 41.1 Å². The fourth-order valence-electron chi connectivity index (χ4n) is 8.04. The third-order valence-electron chi connectivity index (χ3n) is 10.9. The number of amides is 7. The first-order valence-electron chi connectivity index (χ1n) is 19.7. The monoisotopic (exact) mass is 899 g/mol. The highest BCUT2D eigenvalue weighted by Gasteiger charge is 2.44. The summed E-state index contributed by atoms with van der Waals surface area (Å²) in [5.41, 5.74) is 2.25. The average Bonchev–Trinajstić information content (AvgIpc) is 3.84. The van der Waals surface area contributed by atoms with Gasteiger partial charge in [-0.1, -0.05) is 36.8 Å². The molecule has 7 atom stereocenters. The van der Waals surface area contributed by atoms with Crippen molar-refractivity contribution < 1.29 is 38.7 Å².